The van der Waals surface area contributed by atoms with Crippen LogP contribution in [0.1, 0.15) is 63.5 Å². The summed E-state index contributed by atoms with van der Waals surface area (Å²) in [5.74, 6) is -0.303. The van der Waals surface area contributed by atoms with Crippen molar-refractivity contribution in [2.75, 3.05) is 0 Å². The van der Waals surface area contributed by atoms with Crippen LogP contribution in [0.15, 0.2) is 53.6 Å². The predicted molar refractivity (Wildman–Crippen MR) is 131 cm³/mol. The molecule has 1 saturated carbocycles. The number of hydrazone groups is 1. The van der Waals surface area contributed by atoms with Crippen LogP contribution in [0.5, 0.6) is 0 Å². The van der Waals surface area contributed by atoms with Crippen LogP contribution in [-0.4, -0.2) is 34.7 Å². The van der Waals surface area contributed by atoms with Crippen LogP contribution in [0.3, 0.4) is 0 Å². The van der Waals surface area contributed by atoms with E-state index in [0.717, 1.165) is 25.7 Å². The van der Waals surface area contributed by atoms with Crippen LogP contribution in [0.2, 0.25) is 0 Å². The molecule has 7 atom stereocenters. The zero-order chi connectivity index (χ0) is 23.9. The molecule has 1 unspecified atom stereocenters. The van der Waals surface area contributed by atoms with Gasteiger partial charge in [0.25, 0.3) is 0 Å². The number of hydrogen-bond donors (Lipinski definition) is 0. The van der Waals surface area contributed by atoms with E-state index in [1.165, 1.54) is 22.3 Å². The van der Waals surface area contributed by atoms with E-state index >= 15 is 0 Å². The van der Waals surface area contributed by atoms with Gasteiger partial charge in [-0.2, -0.15) is 5.10 Å². The molecule has 6 aliphatic rings. The highest BCUT2D eigenvalue weighted by Crippen LogP contribution is 2.60. The molecule has 6 heteroatoms. The molecular weight excluding hydrogens is 440 g/mol. The van der Waals surface area contributed by atoms with Crippen LogP contribution in [0.4, 0.5) is 0 Å². The quantitative estimate of drug-likeness (QED) is 0.429. The lowest BCUT2D eigenvalue weighted by atomic mass is 9.57. The lowest BCUT2D eigenvalue weighted by Gasteiger charge is -2.60. The summed E-state index contributed by atoms with van der Waals surface area (Å²) in [6.45, 7) is 6.25. The summed E-state index contributed by atoms with van der Waals surface area (Å²) in [7, 11) is 0. The third-order valence-corrected chi connectivity index (χ3v) is 9.46. The van der Waals surface area contributed by atoms with E-state index in [1.54, 1.807) is 5.01 Å². The number of fused-ring (bicyclic) bond motifs is 5. The number of ether oxygens (including phenoxy) is 1. The maximum atomic E-state index is 13.8. The number of piperidine rings is 1. The van der Waals surface area contributed by atoms with E-state index in [1.807, 2.05) is 20.1 Å². The summed E-state index contributed by atoms with van der Waals surface area (Å²) in [5.41, 5.74) is 4.19. The lowest BCUT2D eigenvalue weighted by molar-refractivity contribution is -0.548. The van der Waals surface area contributed by atoms with E-state index in [9.17, 15) is 4.79 Å². The Balaban J connectivity index is 1.32. The van der Waals surface area contributed by atoms with Gasteiger partial charge in [0, 0.05) is 30.4 Å². The standard InChI is InChI=1S/C29H32N2O4/c1-17-12-13-25-18(2)26(32)31(27-29(25)24(17)14-15-28(3,33-27)34-35-29)30-16-23-21-10-6-4-8-19(21)20-9-5-7-11-22(20)23/h4-11,16-18,23-25,27H,12-15H2,1-3H3/b30-16+/t17-,18-,24+,25+,27-,28?,29-/m1/s1. The van der Waals surface area contributed by atoms with Gasteiger partial charge in [-0.25, -0.2) is 14.8 Å². The van der Waals surface area contributed by atoms with Crippen molar-refractivity contribution in [3.63, 3.8) is 0 Å². The molecule has 2 aliphatic carbocycles. The van der Waals surface area contributed by atoms with Gasteiger partial charge in [-0.15, -0.1) is 0 Å². The van der Waals surface area contributed by atoms with Crippen LogP contribution in [0, 0.1) is 23.7 Å². The summed E-state index contributed by atoms with van der Waals surface area (Å²) in [5, 5.41) is 6.51. The first-order valence-electron chi connectivity index (χ1n) is 13.0. The van der Waals surface area contributed by atoms with E-state index in [-0.39, 0.29) is 29.6 Å². The third-order valence-electron chi connectivity index (χ3n) is 9.46. The van der Waals surface area contributed by atoms with Gasteiger partial charge in [-0.1, -0.05) is 62.4 Å². The first-order chi connectivity index (χ1) is 16.9. The first-order valence-corrected chi connectivity index (χ1v) is 13.0. The van der Waals surface area contributed by atoms with Crippen molar-refractivity contribution >= 4 is 12.1 Å². The highest BCUT2D eigenvalue weighted by Gasteiger charge is 2.71. The second-order valence-electron chi connectivity index (χ2n) is 11.3. The van der Waals surface area contributed by atoms with Gasteiger partial charge in [-0.05, 0) is 60.3 Å². The van der Waals surface area contributed by atoms with Crippen LogP contribution in [0.25, 0.3) is 11.1 Å². The minimum atomic E-state index is -0.876. The molecule has 2 bridgehead atoms. The second kappa shape index (κ2) is 7.48. The predicted octanol–water partition coefficient (Wildman–Crippen LogP) is 5.48. The Labute approximate surface area is 206 Å². The van der Waals surface area contributed by atoms with Crippen molar-refractivity contribution in [2.24, 2.45) is 28.8 Å². The van der Waals surface area contributed by atoms with Crippen molar-refractivity contribution in [1.29, 1.82) is 0 Å². The molecule has 0 aromatic heterocycles. The van der Waals surface area contributed by atoms with Crippen molar-refractivity contribution < 1.29 is 19.3 Å². The molecule has 4 heterocycles. The molecule has 2 aromatic rings. The smallest absolute Gasteiger partial charge is 0.248 e. The minimum Gasteiger partial charge on any atom is -0.319 e. The van der Waals surface area contributed by atoms with Gasteiger partial charge in [0.05, 0.1) is 0 Å². The maximum absolute atomic E-state index is 13.8. The zero-order valence-corrected chi connectivity index (χ0v) is 20.5. The molecule has 182 valence electrons. The summed E-state index contributed by atoms with van der Waals surface area (Å²) in [6.07, 6.45) is 5.08. The molecule has 5 fully saturated rings. The Morgan fingerprint density at radius 2 is 1.63 bits per heavy atom. The Kier molecular flexibility index (Phi) is 4.64. The van der Waals surface area contributed by atoms with Crippen molar-refractivity contribution in [3.05, 3.63) is 59.7 Å². The van der Waals surface area contributed by atoms with Crippen molar-refractivity contribution in [2.45, 2.75) is 70.0 Å². The molecule has 1 amide bonds. The van der Waals surface area contributed by atoms with Crippen LogP contribution in [-0.2, 0) is 19.3 Å². The number of hydrogen-bond acceptors (Lipinski definition) is 5. The summed E-state index contributed by atoms with van der Waals surface area (Å²) in [6, 6.07) is 16.9. The Hall–Kier alpha value is -2.54. The fraction of sp³-hybridized carbons (Fsp3) is 0.517. The fourth-order valence-corrected chi connectivity index (χ4v) is 7.65. The molecule has 0 radical (unpaired) electrons. The second-order valence-corrected chi connectivity index (χ2v) is 11.3. The average molecular weight is 473 g/mol. The molecule has 0 N–H and O–H groups in total. The van der Waals surface area contributed by atoms with Crippen molar-refractivity contribution in [1.82, 2.24) is 5.01 Å². The number of rotatable bonds is 2. The average Bonchev–Trinajstić information content (AvgIpc) is 3.00. The largest absolute Gasteiger partial charge is 0.319 e. The lowest BCUT2D eigenvalue weighted by Crippen LogP contribution is -2.74. The molecule has 8 rings (SSSR count). The van der Waals surface area contributed by atoms with Gasteiger partial charge in [-0.3, -0.25) is 4.79 Å². The Morgan fingerprint density at radius 1 is 0.943 bits per heavy atom. The summed E-state index contributed by atoms with van der Waals surface area (Å²) < 4.78 is 6.61. The zero-order valence-electron chi connectivity index (χ0n) is 20.5. The molecule has 35 heavy (non-hydrogen) atoms. The number of carbonyl (C=O) groups is 1. The number of nitrogens with zero attached hydrogens (tertiary/aromatic N) is 2. The number of carbonyl (C=O) groups excluding carboxylic acids is 1. The Morgan fingerprint density at radius 3 is 2.34 bits per heavy atom. The van der Waals surface area contributed by atoms with Gasteiger partial charge < -0.3 is 4.74 Å². The highest BCUT2D eigenvalue weighted by atomic mass is 17.3. The van der Waals surface area contributed by atoms with E-state index in [0.29, 0.717) is 5.92 Å². The molecule has 4 aliphatic heterocycles. The van der Waals surface area contributed by atoms with Crippen LogP contribution < -0.4 is 0 Å². The Bertz CT molecular complexity index is 1180. The molecule has 2 aromatic carbocycles. The normalized spacial score (nSPS) is 39.9. The van der Waals surface area contributed by atoms with Gasteiger partial charge in [0.1, 0.15) is 0 Å². The molecule has 6 nitrogen and oxygen atoms in total. The van der Waals surface area contributed by atoms with E-state index in [2.05, 4.69) is 55.5 Å². The van der Waals surface area contributed by atoms with E-state index < -0.39 is 17.6 Å². The van der Waals surface area contributed by atoms with E-state index in [4.69, 9.17) is 19.6 Å². The molecule has 4 saturated heterocycles. The third kappa shape index (κ3) is 2.87. The van der Waals surface area contributed by atoms with Gasteiger partial charge >= 0.3 is 0 Å². The van der Waals surface area contributed by atoms with Gasteiger partial charge in [0.2, 0.25) is 11.7 Å². The summed E-state index contributed by atoms with van der Waals surface area (Å²) >= 11 is 0. The SMILES string of the molecule is C[C@@H]1CC[C@H]2[C@@H](C)C(=O)N(/N=C/C3c4ccccc4-c4ccccc43)[C@@H]3OC4(C)CC[C@@H]1[C@@]23OO4. The van der Waals surface area contributed by atoms with Crippen molar-refractivity contribution in [3.8, 4) is 11.1 Å². The fourth-order valence-electron chi connectivity index (χ4n) is 7.65. The monoisotopic (exact) mass is 472 g/mol. The first kappa shape index (κ1) is 21.7. The minimum absolute atomic E-state index is 0.00879. The topological polar surface area (TPSA) is 60.4 Å². The molecule has 1 spiro atoms. The number of benzene rings is 2. The summed E-state index contributed by atoms with van der Waals surface area (Å²) in [4.78, 5) is 26.1. The number of amides is 1. The highest BCUT2D eigenvalue weighted by molar-refractivity contribution is 5.90. The van der Waals surface area contributed by atoms with Gasteiger partial charge in [0.15, 0.2) is 11.8 Å². The maximum Gasteiger partial charge on any atom is 0.248 e. The molecular formula is C29H32N2O4. The van der Waals surface area contributed by atoms with Crippen LogP contribution >= 0.6 is 0 Å².